The summed E-state index contributed by atoms with van der Waals surface area (Å²) in [7, 11) is 0. The van der Waals surface area contributed by atoms with Crippen molar-refractivity contribution in [1.82, 2.24) is 5.32 Å². The summed E-state index contributed by atoms with van der Waals surface area (Å²) >= 11 is 0. The summed E-state index contributed by atoms with van der Waals surface area (Å²) in [6, 6.07) is 16.8. The lowest BCUT2D eigenvalue weighted by Gasteiger charge is -2.21. The van der Waals surface area contributed by atoms with E-state index in [-0.39, 0.29) is 29.7 Å². The molecule has 2 N–H and O–H groups in total. The number of benzene rings is 2. The standard InChI is InChI=1S/C20H20N4O4/c1-3-28-20(25)18(13-21)19(22-14(2)15-7-5-4-6-8-15)23-16-9-11-17(12-10-16)24(26)27/h4-12,14,22-23H,3H2,1-2H3/b19-18+/t14-/m0/s1. The molecule has 2 aromatic rings. The highest BCUT2D eigenvalue weighted by Crippen LogP contribution is 2.20. The van der Waals surface area contributed by atoms with E-state index < -0.39 is 10.9 Å². The van der Waals surface area contributed by atoms with Crippen molar-refractivity contribution < 1.29 is 14.5 Å². The summed E-state index contributed by atoms with van der Waals surface area (Å²) in [6.07, 6.45) is 0. The Morgan fingerprint density at radius 2 is 1.86 bits per heavy atom. The number of nitro benzene ring substituents is 1. The van der Waals surface area contributed by atoms with Crippen LogP contribution in [0.1, 0.15) is 25.5 Å². The SMILES string of the molecule is CCOC(=O)/C(C#N)=C(/Nc1ccc([N+](=O)[O-])cc1)N[C@@H](C)c1ccccc1. The summed E-state index contributed by atoms with van der Waals surface area (Å²) in [6.45, 7) is 3.66. The van der Waals surface area contributed by atoms with Crippen molar-refractivity contribution in [1.29, 1.82) is 5.26 Å². The molecule has 0 spiro atoms. The quantitative estimate of drug-likeness (QED) is 0.236. The van der Waals surface area contributed by atoms with Gasteiger partial charge >= 0.3 is 5.97 Å². The van der Waals surface area contributed by atoms with Crippen molar-refractivity contribution in [3.8, 4) is 6.07 Å². The van der Waals surface area contributed by atoms with Crippen molar-refractivity contribution in [2.75, 3.05) is 11.9 Å². The lowest BCUT2D eigenvalue weighted by Crippen LogP contribution is -2.27. The molecule has 0 amide bonds. The van der Waals surface area contributed by atoms with Crippen LogP contribution in [0.3, 0.4) is 0 Å². The number of ether oxygens (including phenoxy) is 1. The Morgan fingerprint density at radius 1 is 1.21 bits per heavy atom. The largest absolute Gasteiger partial charge is 0.462 e. The minimum atomic E-state index is -0.762. The number of hydrogen-bond acceptors (Lipinski definition) is 7. The van der Waals surface area contributed by atoms with Crippen LogP contribution in [0, 0.1) is 21.4 Å². The van der Waals surface area contributed by atoms with Crippen LogP contribution in [-0.2, 0) is 9.53 Å². The number of carbonyl (C=O) groups excluding carboxylic acids is 1. The molecule has 2 rings (SSSR count). The summed E-state index contributed by atoms with van der Waals surface area (Å²) in [5.41, 5.74) is 1.15. The molecule has 0 aromatic heterocycles. The zero-order valence-electron chi connectivity index (χ0n) is 15.5. The molecule has 0 bridgehead atoms. The third-order valence-electron chi connectivity index (χ3n) is 3.85. The molecule has 0 radical (unpaired) electrons. The molecule has 2 aromatic carbocycles. The molecule has 8 nitrogen and oxygen atoms in total. The number of esters is 1. The molecule has 8 heteroatoms. The molecule has 0 unspecified atom stereocenters. The molecule has 0 saturated carbocycles. The maximum absolute atomic E-state index is 12.2. The molecule has 144 valence electrons. The van der Waals surface area contributed by atoms with Crippen LogP contribution in [0.15, 0.2) is 66.0 Å². The van der Waals surface area contributed by atoms with E-state index in [0.717, 1.165) is 5.56 Å². The Bertz CT molecular complexity index is 902. The summed E-state index contributed by atoms with van der Waals surface area (Å²) in [4.78, 5) is 22.5. The highest BCUT2D eigenvalue weighted by atomic mass is 16.6. The molecule has 28 heavy (non-hydrogen) atoms. The van der Waals surface area contributed by atoms with Gasteiger partial charge in [-0.25, -0.2) is 4.79 Å². The first-order valence-corrected chi connectivity index (χ1v) is 8.60. The second kappa shape index (κ2) is 9.73. The summed E-state index contributed by atoms with van der Waals surface area (Å²) in [5, 5.41) is 26.4. The lowest BCUT2D eigenvalue weighted by atomic mass is 10.1. The van der Waals surface area contributed by atoms with E-state index in [9.17, 15) is 20.2 Å². The van der Waals surface area contributed by atoms with Gasteiger partial charge in [0.2, 0.25) is 0 Å². The van der Waals surface area contributed by atoms with Gasteiger partial charge in [0, 0.05) is 23.9 Å². The molecule has 0 aliphatic carbocycles. The number of nitriles is 1. The number of nitrogens with zero attached hydrogens (tertiary/aromatic N) is 2. The van der Waals surface area contributed by atoms with Crippen molar-refractivity contribution in [2.45, 2.75) is 19.9 Å². The van der Waals surface area contributed by atoms with Gasteiger partial charge in [-0.2, -0.15) is 5.26 Å². The lowest BCUT2D eigenvalue weighted by molar-refractivity contribution is -0.384. The Hall–Kier alpha value is -3.86. The Balaban J connectivity index is 2.36. The number of rotatable bonds is 8. The number of anilines is 1. The highest BCUT2D eigenvalue weighted by molar-refractivity contribution is 5.94. The molecule has 0 fully saturated rings. The van der Waals surface area contributed by atoms with Gasteiger partial charge in [-0.15, -0.1) is 0 Å². The van der Waals surface area contributed by atoms with Crippen LogP contribution in [0.25, 0.3) is 0 Å². The first kappa shape index (κ1) is 20.5. The summed E-state index contributed by atoms with van der Waals surface area (Å²) < 4.78 is 4.96. The van der Waals surface area contributed by atoms with Gasteiger partial charge in [-0.1, -0.05) is 30.3 Å². The summed E-state index contributed by atoms with van der Waals surface area (Å²) in [5.74, 6) is -0.603. The van der Waals surface area contributed by atoms with Crippen molar-refractivity contribution in [3.63, 3.8) is 0 Å². The van der Waals surface area contributed by atoms with Crippen LogP contribution in [0.4, 0.5) is 11.4 Å². The average Bonchev–Trinajstić information content (AvgIpc) is 2.69. The number of nitro groups is 1. The molecular weight excluding hydrogens is 360 g/mol. The van der Waals surface area contributed by atoms with Gasteiger partial charge in [0.15, 0.2) is 5.57 Å². The normalized spacial score (nSPS) is 12.2. The van der Waals surface area contributed by atoms with Crippen LogP contribution in [0.5, 0.6) is 0 Å². The fourth-order valence-corrected chi connectivity index (χ4v) is 2.43. The van der Waals surface area contributed by atoms with Crippen LogP contribution in [0.2, 0.25) is 0 Å². The zero-order valence-corrected chi connectivity index (χ0v) is 15.5. The van der Waals surface area contributed by atoms with Crippen molar-refractivity contribution in [2.24, 2.45) is 0 Å². The number of nitrogens with one attached hydrogen (secondary N) is 2. The maximum atomic E-state index is 12.2. The molecule has 0 saturated heterocycles. The zero-order chi connectivity index (χ0) is 20.5. The van der Waals surface area contributed by atoms with Gasteiger partial charge < -0.3 is 15.4 Å². The van der Waals surface area contributed by atoms with Crippen LogP contribution >= 0.6 is 0 Å². The van der Waals surface area contributed by atoms with E-state index in [2.05, 4.69) is 10.6 Å². The van der Waals surface area contributed by atoms with Gasteiger partial charge in [0.05, 0.1) is 11.5 Å². The molecular formula is C20H20N4O4. The number of hydrogen-bond donors (Lipinski definition) is 2. The van der Waals surface area contributed by atoms with Gasteiger partial charge in [0.1, 0.15) is 11.9 Å². The van der Waals surface area contributed by atoms with E-state index in [1.807, 2.05) is 43.3 Å². The first-order valence-electron chi connectivity index (χ1n) is 8.60. The van der Waals surface area contributed by atoms with Gasteiger partial charge in [-0.05, 0) is 31.5 Å². The Kier molecular flexibility index (Phi) is 7.11. The van der Waals surface area contributed by atoms with Crippen LogP contribution < -0.4 is 10.6 Å². The van der Waals surface area contributed by atoms with E-state index in [4.69, 9.17) is 4.74 Å². The highest BCUT2D eigenvalue weighted by Gasteiger charge is 2.19. The second-order valence-electron chi connectivity index (χ2n) is 5.79. The van der Waals surface area contributed by atoms with E-state index in [1.165, 1.54) is 24.3 Å². The fraction of sp³-hybridized carbons (Fsp3) is 0.200. The minimum Gasteiger partial charge on any atom is -0.462 e. The van der Waals surface area contributed by atoms with Crippen LogP contribution in [-0.4, -0.2) is 17.5 Å². The smallest absolute Gasteiger partial charge is 0.352 e. The third kappa shape index (κ3) is 5.32. The predicted octanol–water partition coefficient (Wildman–Crippen LogP) is 3.66. The monoisotopic (exact) mass is 380 g/mol. The van der Waals surface area contributed by atoms with E-state index >= 15 is 0 Å². The van der Waals surface area contributed by atoms with Gasteiger partial charge in [0.25, 0.3) is 5.69 Å². The number of non-ortho nitro benzene ring substituents is 1. The average molecular weight is 380 g/mol. The van der Waals surface area contributed by atoms with E-state index in [1.54, 1.807) is 6.92 Å². The molecule has 0 heterocycles. The van der Waals surface area contributed by atoms with Crippen molar-refractivity contribution >= 4 is 17.3 Å². The molecule has 0 aliphatic heterocycles. The second-order valence-corrected chi connectivity index (χ2v) is 5.79. The first-order chi connectivity index (χ1) is 13.5. The minimum absolute atomic E-state index is 0.0624. The fourth-order valence-electron chi connectivity index (χ4n) is 2.43. The third-order valence-corrected chi connectivity index (χ3v) is 3.85. The molecule has 1 atom stereocenters. The van der Waals surface area contributed by atoms with E-state index in [0.29, 0.717) is 5.69 Å². The number of carbonyl (C=O) groups is 1. The van der Waals surface area contributed by atoms with Gasteiger partial charge in [-0.3, -0.25) is 10.1 Å². The predicted molar refractivity (Wildman–Crippen MR) is 104 cm³/mol. The van der Waals surface area contributed by atoms with Crippen molar-refractivity contribution in [3.05, 3.63) is 81.7 Å². The Morgan fingerprint density at radius 3 is 2.39 bits per heavy atom. The maximum Gasteiger partial charge on any atom is 0.352 e. The Labute approximate surface area is 162 Å². The molecule has 0 aliphatic rings. The topological polar surface area (TPSA) is 117 Å².